The van der Waals surface area contributed by atoms with Crippen LogP contribution in [0.15, 0.2) is 53.4 Å². The summed E-state index contributed by atoms with van der Waals surface area (Å²) in [5.74, 6) is 0.0180. The normalized spacial score (nSPS) is 11.0. The summed E-state index contributed by atoms with van der Waals surface area (Å²) in [5, 5.41) is 2.57. The minimum Gasteiger partial charge on any atom is -0.495 e. The first-order valence-electron chi connectivity index (χ1n) is 6.64. The van der Waals surface area contributed by atoms with E-state index < -0.39 is 9.84 Å². The van der Waals surface area contributed by atoms with Crippen molar-refractivity contribution in [2.45, 2.75) is 17.6 Å². The van der Waals surface area contributed by atoms with Crippen molar-refractivity contribution in [1.29, 1.82) is 0 Å². The lowest BCUT2D eigenvalue weighted by Crippen LogP contribution is -2.10. The molecule has 0 radical (unpaired) electrons. The van der Waals surface area contributed by atoms with Crippen LogP contribution < -0.4 is 10.1 Å². The molecule has 0 spiro atoms. The summed E-state index contributed by atoms with van der Waals surface area (Å²) in [6.07, 6.45) is 0. The molecule has 0 heterocycles. The van der Waals surface area contributed by atoms with Gasteiger partial charge < -0.3 is 10.1 Å². The Kier molecular flexibility index (Phi) is 4.82. The van der Waals surface area contributed by atoms with E-state index in [0.29, 0.717) is 17.0 Å². The van der Waals surface area contributed by atoms with E-state index in [1.165, 1.54) is 32.2 Å². The average Bonchev–Trinajstić information content (AvgIpc) is 2.47. The summed E-state index contributed by atoms with van der Waals surface area (Å²) >= 11 is 0. The number of hydrogen-bond acceptors (Lipinski definition) is 4. The van der Waals surface area contributed by atoms with E-state index in [1.807, 2.05) is 6.07 Å². The van der Waals surface area contributed by atoms with Crippen LogP contribution in [0.1, 0.15) is 12.5 Å². The van der Waals surface area contributed by atoms with Crippen molar-refractivity contribution in [3.63, 3.8) is 0 Å². The van der Waals surface area contributed by atoms with E-state index >= 15 is 0 Å². The minimum absolute atomic E-state index is 0.0975. The zero-order chi connectivity index (χ0) is 16.2. The van der Waals surface area contributed by atoms with Crippen LogP contribution in [0, 0.1) is 0 Å². The van der Waals surface area contributed by atoms with Crippen molar-refractivity contribution in [3.05, 3.63) is 54.1 Å². The topological polar surface area (TPSA) is 72.5 Å². The smallest absolute Gasteiger partial charge is 0.221 e. The Morgan fingerprint density at radius 3 is 2.41 bits per heavy atom. The number of anilines is 1. The molecule has 2 aromatic carbocycles. The highest BCUT2D eigenvalue weighted by molar-refractivity contribution is 7.90. The number of carbonyl (C=O) groups is 1. The lowest BCUT2D eigenvalue weighted by molar-refractivity contribution is -0.114. The molecule has 0 fully saturated rings. The van der Waals surface area contributed by atoms with Gasteiger partial charge in [0.05, 0.1) is 23.4 Å². The zero-order valence-corrected chi connectivity index (χ0v) is 13.2. The molecule has 0 saturated carbocycles. The number of hydrogen-bond donors (Lipinski definition) is 1. The summed E-state index contributed by atoms with van der Waals surface area (Å²) in [6, 6.07) is 13.4. The van der Waals surface area contributed by atoms with Crippen LogP contribution in [0.2, 0.25) is 0 Å². The molecule has 0 saturated heterocycles. The molecule has 6 heteroatoms. The Bertz CT molecular complexity index is 770. The fraction of sp³-hybridized carbons (Fsp3) is 0.188. The van der Waals surface area contributed by atoms with Crippen molar-refractivity contribution < 1.29 is 17.9 Å². The van der Waals surface area contributed by atoms with E-state index in [0.717, 1.165) is 0 Å². The summed E-state index contributed by atoms with van der Waals surface area (Å²) < 4.78 is 30.1. The van der Waals surface area contributed by atoms with Gasteiger partial charge in [0, 0.05) is 6.92 Å². The highest BCUT2D eigenvalue weighted by Gasteiger charge is 2.18. The standard InChI is InChI=1S/C16H17NO4S/c1-12(18)17-15-10-14(8-9-16(15)21-2)22(19,20)11-13-6-4-3-5-7-13/h3-10H,11H2,1-2H3,(H,17,18). The Morgan fingerprint density at radius 2 is 1.82 bits per heavy atom. The predicted octanol–water partition coefficient (Wildman–Crippen LogP) is 2.63. The maximum atomic E-state index is 12.5. The number of methoxy groups -OCH3 is 1. The number of carbonyl (C=O) groups excluding carboxylic acids is 1. The number of sulfone groups is 1. The largest absolute Gasteiger partial charge is 0.495 e. The molecule has 0 bridgehead atoms. The van der Waals surface area contributed by atoms with E-state index in [2.05, 4.69) is 5.32 Å². The fourth-order valence-electron chi connectivity index (χ4n) is 2.04. The summed E-state index contributed by atoms with van der Waals surface area (Å²) in [5.41, 5.74) is 1.04. The number of nitrogens with one attached hydrogen (secondary N) is 1. The number of rotatable bonds is 5. The molecule has 22 heavy (non-hydrogen) atoms. The Morgan fingerprint density at radius 1 is 1.14 bits per heavy atom. The molecule has 2 rings (SSSR count). The molecule has 0 aromatic heterocycles. The van der Waals surface area contributed by atoms with Gasteiger partial charge in [-0.2, -0.15) is 0 Å². The van der Waals surface area contributed by atoms with Gasteiger partial charge in [0.15, 0.2) is 9.84 Å². The highest BCUT2D eigenvalue weighted by Crippen LogP contribution is 2.28. The second-order valence-corrected chi connectivity index (χ2v) is 6.78. The third-order valence-corrected chi connectivity index (χ3v) is 4.73. The van der Waals surface area contributed by atoms with Crippen LogP contribution in [0.25, 0.3) is 0 Å². The van der Waals surface area contributed by atoms with Crippen LogP contribution >= 0.6 is 0 Å². The molecule has 116 valence electrons. The van der Waals surface area contributed by atoms with Gasteiger partial charge in [-0.15, -0.1) is 0 Å². The highest BCUT2D eigenvalue weighted by atomic mass is 32.2. The third-order valence-electron chi connectivity index (χ3n) is 3.04. The molecule has 1 N–H and O–H groups in total. The van der Waals surface area contributed by atoms with Gasteiger partial charge in [-0.05, 0) is 23.8 Å². The second-order valence-electron chi connectivity index (χ2n) is 4.79. The summed E-state index contributed by atoms with van der Waals surface area (Å²) in [6.45, 7) is 1.35. The summed E-state index contributed by atoms with van der Waals surface area (Å²) in [4.78, 5) is 11.4. The van der Waals surface area contributed by atoms with Crippen molar-refractivity contribution in [1.82, 2.24) is 0 Å². The Balaban J connectivity index is 2.36. The van der Waals surface area contributed by atoms with Gasteiger partial charge in [0.25, 0.3) is 0 Å². The van der Waals surface area contributed by atoms with E-state index in [-0.39, 0.29) is 16.6 Å². The van der Waals surface area contributed by atoms with Crippen molar-refractivity contribution in [2.24, 2.45) is 0 Å². The van der Waals surface area contributed by atoms with Gasteiger partial charge in [0.2, 0.25) is 5.91 Å². The maximum Gasteiger partial charge on any atom is 0.221 e. The lowest BCUT2D eigenvalue weighted by Gasteiger charge is -2.11. The van der Waals surface area contributed by atoms with Crippen LogP contribution in [0.3, 0.4) is 0 Å². The lowest BCUT2D eigenvalue weighted by atomic mass is 10.2. The van der Waals surface area contributed by atoms with Crippen LogP contribution in [0.4, 0.5) is 5.69 Å². The van der Waals surface area contributed by atoms with Crippen LogP contribution in [0.5, 0.6) is 5.75 Å². The Labute approximate surface area is 129 Å². The minimum atomic E-state index is -3.50. The first-order chi connectivity index (χ1) is 10.4. The number of amides is 1. The zero-order valence-electron chi connectivity index (χ0n) is 12.4. The van der Waals surface area contributed by atoms with E-state index in [9.17, 15) is 13.2 Å². The molecule has 5 nitrogen and oxygen atoms in total. The second kappa shape index (κ2) is 6.62. The maximum absolute atomic E-state index is 12.5. The fourth-order valence-corrected chi connectivity index (χ4v) is 3.42. The predicted molar refractivity (Wildman–Crippen MR) is 84.6 cm³/mol. The quantitative estimate of drug-likeness (QED) is 0.919. The SMILES string of the molecule is COc1ccc(S(=O)(=O)Cc2ccccc2)cc1NC(C)=O. The first kappa shape index (κ1) is 16.0. The van der Waals surface area contributed by atoms with Gasteiger partial charge >= 0.3 is 0 Å². The molecular weight excluding hydrogens is 302 g/mol. The molecule has 0 unspecified atom stereocenters. The summed E-state index contributed by atoms with van der Waals surface area (Å²) in [7, 11) is -2.05. The number of benzene rings is 2. The van der Waals surface area contributed by atoms with Crippen molar-refractivity contribution >= 4 is 21.4 Å². The Hall–Kier alpha value is -2.34. The van der Waals surface area contributed by atoms with Gasteiger partial charge in [-0.3, -0.25) is 4.79 Å². The molecule has 2 aromatic rings. The van der Waals surface area contributed by atoms with Gasteiger partial charge in [0.1, 0.15) is 5.75 Å². The van der Waals surface area contributed by atoms with Gasteiger partial charge in [-0.25, -0.2) is 8.42 Å². The van der Waals surface area contributed by atoms with Crippen molar-refractivity contribution in [2.75, 3.05) is 12.4 Å². The molecule has 0 atom stereocenters. The van der Waals surface area contributed by atoms with Gasteiger partial charge in [-0.1, -0.05) is 30.3 Å². The third kappa shape index (κ3) is 3.85. The molecule has 0 aliphatic rings. The molecule has 0 aliphatic carbocycles. The van der Waals surface area contributed by atoms with E-state index in [1.54, 1.807) is 24.3 Å². The van der Waals surface area contributed by atoms with Crippen LogP contribution in [-0.4, -0.2) is 21.4 Å². The number of ether oxygens (including phenoxy) is 1. The monoisotopic (exact) mass is 319 g/mol. The van der Waals surface area contributed by atoms with Crippen LogP contribution in [-0.2, 0) is 20.4 Å². The van der Waals surface area contributed by atoms with E-state index in [4.69, 9.17) is 4.74 Å². The van der Waals surface area contributed by atoms with Crippen molar-refractivity contribution in [3.8, 4) is 5.75 Å². The molecular formula is C16H17NO4S. The molecule has 1 amide bonds. The average molecular weight is 319 g/mol. The first-order valence-corrected chi connectivity index (χ1v) is 8.30. The molecule has 0 aliphatic heterocycles.